The maximum atomic E-state index is 5.31. The van der Waals surface area contributed by atoms with Crippen molar-refractivity contribution in [2.45, 2.75) is 6.17 Å². The van der Waals surface area contributed by atoms with Crippen LogP contribution in [0.2, 0.25) is 0 Å². The molecule has 0 radical (unpaired) electrons. The third kappa shape index (κ3) is 4.91. The SMILES string of the molecule is c1ccc(C2=NC(c3cc(-c4ccccc4-c4cccc5ccccc45)cc4sc5ccccc5c34)N=C(c3ccccc3)N2)cc1. The van der Waals surface area contributed by atoms with Crippen molar-refractivity contribution in [1.29, 1.82) is 0 Å². The average molecular weight is 620 g/mol. The highest BCUT2D eigenvalue weighted by molar-refractivity contribution is 7.25. The van der Waals surface area contributed by atoms with E-state index < -0.39 is 6.17 Å². The Morgan fingerprint density at radius 3 is 1.77 bits per heavy atom. The van der Waals surface area contributed by atoms with Crippen molar-refractivity contribution in [1.82, 2.24) is 5.32 Å². The Morgan fingerprint density at radius 1 is 0.447 bits per heavy atom. The summed E-state index contributed by atoms with van der Waals surface area (Å²) in [4.78, 5) is 10.6. The monoisotopic (exact) mass is 619 g/mol. The van der Waals surface area contributed by atoms with E-state index >= 15 is 0 Å². The first-order valence-corrected chi connectivity index (χ1v) is 16.7. The van der Waals surface area contributed by atoms with Gasteiger partial charge in [-0.25, -0.2) is 9.98 Å². The van der Waals surface area contributed by atoms with Crippen molar-refractivity contribution in [3.05, 3.63) is 180 Å². The topological polar surface area (TPSA) is 36.8 Å². The summed E-state index contributed by atoms with van der Waals surface area (Å²) in [5, 5.41) is 8.50. The summed E-state index contributed by atoms with van der Waals surface area (Å²) in [5.74, 6) is 1.64. The Bertz CT molecular complexity index is 2430. The summed E-state index contributed by atoms with van der Waals surface area (Å²) in [6.45, 7) is 0. The molecule has 1 aliphatic heterocycles. The van der Waals surface area contributed by atoms with E-state index in [9.17, 15) is 0 Å². The third-order valence-electron chi connectivity index (χ3n) is 8.94. The van der Waals surface area contributed by atoms with E-state index in [1.165, 1.54) is 47.6 Å². The van der Waals surface area contributed by atoms with Crippen LogP contribution in [0.1, 0.15) is 22.9 Å². The number of rotatable bonds is 5. The number of aliphatic imine (C=N–C) groups is 2. The normalized spacial score (nSPS) is 13.4. The number of hydrogen-bond donors (Lipinski definition) is 1. The van der Waals surface area contributed by atoms with Crippen LogP contribution >= 0.6 is 11.3 Å². The fourth-order valence-electron chi connectivity index (χ4n) is 6.75. The highest BCUT2D eigenvalue weighted by Gasteiger charge is 2.25. The molecule has 1 aromatic heterocycles. The molecule has 7 aromatic carbocycles. The van der Waals surface area contributed by atoms with E-state index in [4.69, 9.17) is 9.98 Å². The van der Waals surface area contributed by atoms with Gasteiger partial charge in [-0.15, -0.1) is 11.3 Å². The van der Waals surface area contributed by atoms with Gasteiger partial charge in [-0.05, 0) is 51.2 Å². The summed E-state index contributed by atoms with van der Waals surface area (Å²) >= 11 is 1.83. The van der Waals surface area contributed by atoms with E-state index in [2.05, 4.69) is 157 Å². The zero-order chi connectivity index (χ0) is 31.2. The summed E-state index contributed by atoms with van der Waals surface area (Å²) in [7, 11) is 0. The van der Waals surface area contributed by atoms with Gasteiger partial charge in [-0.3, -0.25) is 0 Å². The Labute approximate surface area is 277 Å². The van der Waals surface area contributed by atoms with Gasteiger partial charge in [0.2, 0.25) is 0 Å². The second-order valence-electron chi connectivity index (χ2n) is 11.8. The smallest absolute Gasteiger partial charge is 0.170 e. The fraction of sp³-hybridized carbons (Fsp3) is 0.0233. The first-order chi connectivity index (χ1) is 23.3. The molecule has 0 bridgehead atoms. The van der Waals surface area contributed by atoms with Crippen LogP contribution in [-0.4, -0.2) is 11.7 Å². The molecule has 0 saturated heterocycles. The zero-order valence-corrected chi connectivity index (χ0v) is 26.3. The molecule has 0 amide bonds. The van der Waals surface area contributed by atoms with Gasteiger partial charge >= 0.3 is 0 Å². The van der Waals surface area contributed by atoms with Gasteiger partial charge in [0.25, 0.3) is 0 Å². The first-order valence-electron chi connectivity index (χ1n) is 15.9. The third-order valence-corrected chi connectivity index (χ3v) is 10.1. The molecule has 0 aliphatic carbocycles. The average Bonchev–Trinajstić information content (AvgIpc) is 3.53. The molecule has 1 N–H and O–H groups in total. The lowest BCUT2D eigenvalue weighted by Crippen LogP contribution is -2.36. The highest BCUT2D eigenvalue weighted by atomic mass is 32.1. The zero-order valence-electron chi connectivity index (χ0n) is 25.5. The Balaban J connectivity index is 1.31. The molecule has 2 heterocycles. The molecule has 4 heteroatoms. The number of nitrogens with zero attached hydrogens (tertiary/aromatic N) is 2. The molecule has 1 aliphatic rings. The van der Waals surface area contributed by atoms with Crippen molar-refractivity contribution in [3.8, 4) is 22.3 Å². The molecule has 0 saturated carbocycles. The maximum Gasteiger partial charge on any atom is 0.170 e. The van der Waals surface area contributed by atoms with Crippen LogP contribution in [0.4, 0.5) is 0 Å². The van der Waals surface area contributed by atoms with Gasteiger partial charge in [0.1, 0.15) is 11.7 Å². The summed E-state index contributed by atoms with van der Waals surface area (Å²) < 4.78 is 2.49. The summed E-state index contributed by atoms with van der Waals surface area (Å²) in [6.07, 6.45) is -0.438. The van der Waals surface area contributed by atoms with E-state index in [-0.39, 0.29) is 0 Å². The van der Waals surface area contributed by atoms with Gasteiger partial charge in [0, 0.05) is 36.9 Å². The van der Waals surface area contributed by atoms with Crippen LogP contribution in [0.3, 0.4) is 0 Å². The number of nitrogens with one attached hydrogen (secondary N) is 1. The van der Waals surface area contributed by atoms with Crippen LogP contribution in [0, 0.1) is 0 Å². The fourth-order valence-corrected chi connectivity index (χ4v) is 7.93. The van der Waals surface area contributed by atoms with Crippen LogP contribution in [0.15, 0.2) is 174 Å². The van der Waals surface area contributed by atoms with Gasteiger partial charge in [-0.1, -0.05) is 146 Å². The maximum absolute atomic E-state index is 5.31. The van der Waals surface area contributed by atoms with Crippen molar-refractivity contribution in [3.63, 3.8) is 0 Å². The number of fused-ring (bicyclic) bond motifs is 4. The molecule has 8 aromatic rings. The predicted octanol–water partition coefficient (Wildman–Crippen LogP) is 11.0. The van der Waals surface area contributed by atoms with Crippen LogP contribution < -0.4 is 5.32 Å². The van der Waals surface area contributed by atoms with Crippen molar-refractivity contribution in [2.24, 2.45) is 9.98 Å². The number of thiophene rings is 1. The minimum Gasteiger partial charge on any atom is -0.324 e. The van der Waals surface area contributed by atoms with Gasteiger partial charge in [0.05, 0.1) is 0 Å². The number of hydrogen-bond acceptors (Lipinski definition) is 4. The lowest BCUT2D eigenvalue weighted by atomic mass is 9.90. The minimum atomic E-state index is -0.438. The number of benzene rings is 7. The van der Waals surface area contributed by atoms with Gasteiger partial charge < -0.3 is 5.32 Å². The molecular formula is C43H29N3S. The lowest BCUT2D eigenvalue weighted by Gasteiger charge is -2.23. The van der Waals surface area contributed by atoms with Crippen molar-refractivity contribution in [2.75, 3.05) is 0 Å². The Kier molecular flexibility index (Phi) is 6.72. The summed E-state index contributed by atoms with van der Waals surface area (Å²) in [6, 6.07) is 58.0. The second kappa shape index (κ2) is 11.5. The largest absolute Gasteiger partial charge is 0.324 e. The molecule has 47 heavy (non-hydrogen) atoms. The Hall–Kier alpha value is -5.84. The van der Waals surface area contributed by atoms with Crippen LogP contribution in [0.5, 0.6) is 0 Å². The molecule has 0 atom stereocenters. The van der Waals surface area contributed by atoms with Crippen molar-refractivity contribution >= 4 is 54.0 Å². The first kappa shape index (κ1) is 27.5. The van der Waals surface area contributed by atoms with E-state index in [1.54, 1.807) is 0 Å². The van der Waals surface area contributed by atoms with Crippen LogP contribution in [-0.2, 0) is 0 Å². The molecule has 0 unspecified atom stereocenters. The molecular weight excluding hydrogens is 591 g/mol. The van der Waals surface area contributed by atoms with Gasteiger partial charge in [-0.2, -0.15) is 0 Å². The lowest BCUT2D eigenvalue weighted by molar-refractivity contribution is 0.763. The molecule has 222 valence electrons. The van der Waals surface area contributed by atoms with E-state index in [1.807, 2.05) is 23.5 Å². The Morgan fingerprint density at radius 2 is 1.02 bits per heavy atom. The molecule has 3 nitrogen and oxygen atoms in total. The standard InChI is InChI=1S/C43H29N3S/c1-3-15-29(16-4-1)41-44-42(30-17-5-2-6-18-30)46-43(45-41)37-26-31(27-39-40(37)36-23-11-12-25-38(36)47-39)33-21-9-10-22-34(33)35-24-13-19-28-14-7-8-20-32(28)35/h1-27,43H,(H,44,45,46). The van der Waals surface area contributed by atoms with Crippen molar-refractivity contribution < 1.29 is 0 Å². The quantitative estimate of drug-likeness (QED) is 0.204. The molecule has 0 fully saturated rings. The van der Waals surface area contributed by atoms with E-state index in [0.717, 1.165) is 33.9 Å². The highest BCUT2D eigenvalue weighted by Crippen LogP contribution is 2.44. The predicted molar refractivity (Wildman–Crippen MR) is 200 cm³/mol. The van der Waals surface area contributed by atoms with Gasteiger partial charge in [0.15, 0.2) is 6.17 Å². The minimum absolute atomic E-state index is 0.438. The number of amidine groups is 2. The molecule has 9 rings (SSSR count). The summed E-state index contributed by atoms with van der Waals surface area (Å²) in [5.41, 5.74) is 7.96. The second-order valence-corrected chi connectivity index (χ2v) is 12.9. The van der Waals surface area contributed by atoms with Crippen LogP contribution in [0.25, 0.3) is 53.2 Å². The van der Waals surface area contributed by atoms with E-state index in [0.29, 0.717) is 0 Å². The molecule has 0 spiro atoms.